The number of amides is 1. The number of carbonyl (C=O) groups is 1. The highest BCUT2D eigenvalue weighted by Gasteiger charge is 2.31. The number of likely N-dealkylation sites (N-methyl/N-ethyl adjacent to an activating group) is 1. The van der Waals surface area contributed by atoms with E-state index in [1.807, 2.05) is 28.8 Å². The summed E-state index contributed by atoms with van der Waals surface area (Å²) in [6, 6.07) is 7.61. The van der Waals surface area contributed by atoms with Crippen molar-refractivity contribution in [1.82, 2.24) is 19.4 Å². The fourth-order valence-corrected chi connectivity index (χ4v) is 3.03. The molecule has 1 amide bonds. The van der Waals surface area contributed by atoms with Crippen LogP contribution in [0.4, 0.5) is 10.6 Å². The molecule has 0 bridgehead atoms. The van der Waals surface area contributed by atoms with Crippen LogP contribution >= 0.6 is 0 Å². The summed E-state index contributed by atoms with van der Waals surface area (Å²) in [5.74, 6) is 0.978. The van der Waals surface area contributed by atoms with Crippen LogP contribution in [0.5, 0.6) is 0 Å². The molecule has 0 unspecified atom stereocenters. The first-order chi connectivity index (χ1) is 11.1. The molecule has 0 radical (unpaired) electrons. The lowest BCUT2D eigenvalue weighted by atomic mass is 10.2. The van der Waals surface area contributed by atoms with Crippen LogP contribution in [-0.2, 0) is 11.3 Å². The molecular formula is C15H15N5O3. The van der Waals surface area contributed by atoms with E-state index in [0.717, 1.165) is 16.4 Å². The quantitative estimate of drug-likeness (QED) is 0.709. The fourth-order valence-electron chi connectivity index (χ4n) is 3.03. The van der Waals surface area contributed by atoms with Gasteiger partial charge in [-0.15, -0.1) is 0 Å². The molecule has 0 saturated heterocycles. The van der Waals surface area contributed by atoms with Gasteiger partial charge in [0.05, 0.1) is 17.6 Å². The number of benzene rings is 1. The summed E-state index contributed by atoms with van der Waals surface area (Å²) in [6.07, 6.45) is -1.52. The largest absolute Gasteiger partial charge is 0.465 e. The van der Waals surface area contributed by atoms with Crippen LogP contribution in [0.2, 0.25) is 0 Å². The Bertz CT molecular complexity index is 936. The zero-order chi connectivity index (χ0) is 16.1. The van der Waals surface area contributed by atoms with Gasteiger partial charge in [0.15, 0.2) is 5.82 Å². The fraction of sp³-hybridized carbons (Fsp3) is 0.267. The third-order valence-corrected chi connectivity index (χ3v) is 4.17. The molecule has 1 atom stereocenters. The topological polar surface area (TPSA) is 106 Å². The molecule has 2 aromatic heterocycles. The Balaban J connectivity index is 2.09. The highest BCUT2D eigenvalue weighted by Crippen LogP contribution is 2.34. The second-order valence-corrected chi connectivity index (χ2v) is 5.50. The molecule has 118 valence electrons. The minimum Gasteiger partial charge on any atom is -0.465 e. The minimum atomic E-state index is -1.03. The van der Waals surface area contributed by atoms with E-state index in [2.05, 4.69) is 9.97 Å². The molecule has 0 fully saturated rings. The van der Waals surface area contributed by atoms with E-state index in [1.165, 1.54) is 11.9 Å². The average Bonchev–Trinajstić information content (AvgIpc) is 2.94. The number of hydrogen-bond donors (Lipinski definition) is 2. The van der Waals surface area contributed by atoms with E-state index in [0.29, 0.717) is 23.8 Å². The summed E-state index contributed by atoms with van der Waals surface area (Å²) < 4.78 is 7.41. The number of rotatable bonds is 1. The Morgan fingerprint density at radius 3 is 3.00 bits per heavy atom. The molecule has 8 nitrogen and oxygen atoms in total. The van der Waals surface area contributed by atoms with E-state index in [1.54, 1.807) is 0 Å². The highest BCUT2D eigenvalue weighted by atomic mass is 16.5. The summed E-state index contributed by atoms with van der Waals surface area (Å²) in [6.45, 7) is 0.574. The molecule has 23 heavy (non-hydrogen) atoms. The maximum atomic E-state index is 11.4. The third kappa shape index (κ3) is 1.92. The number of para-hydroxylation sites is 1. The van der Waals surface area contributed by atoms with Crippen LogP contribution in [-0.4, -0.2) is 44.3 Å². The Hall–Kier alpha value is -2.87. The number of ether oxygens (including phenoxy) is 1. The standard InChI is InChI=1S/C15H15N5O3/c1-19(15(21)22)11-7-23-6-10-18-12-13(20(10)11)8-4-2-3-5-9(8)17-14(12)16/h2-5,11H,6-7H2,1H3,(H2,16,17)(H,21,22)/t11-/m1/s1. The van der Waals surface area contributed by atoms with Crippen molar-refractivity contribution in [3.05, 3.63) is 30.1 Å². The first-order valence-electron chi connectivity index (χ1n) is 7.16. The molecular weight excluding hydrogens is 298 g/mol. The summed E-state index contributed by atoms with van der Waals surface area (Å²) in [5.41, 5.74) is 8.18. The summed E-state index contributed by atoms with van der Waals surface area (Å²) in [7, 11) is 1.52. The monoisotopic (exact) mass is 313 g/mol. The van der Waals surface area contributed by atoms with Crippen molar-refractivity contribution in [2.75, 3.05) is 19.4 Å². The Labute approximate surface area is 131 Å². The van der Waals surface area contributed by atoms with E-state index >= 15 is 0 Å². The van der Waals surface area contributed by atoms with Crippen molar-refractivity contribution in [2.45, 2.75) is 12.8 Å². The Morgan fingerprint density at radius 2 is 2.22 bits per heavy atom. The normalized spacial score (nSPS) is 17.3. The number of nitrogens with two attached hydrogens (primary N) is 1. The van der Waals surface area contributed by atoms with Gasteiger partial charge in [-0.1, -0.05) is 18.2 Å². The lowest BCUT2D eigenvalue weighted by Gasteiger charge is -2.31. The molecule has 0 aliphatic carbocycles. The van der Waals surface area contributed by atoms with Gasteiger partial charge in [0.1, 0.15) is 24.1 Å². The predicted molar refractivity (Wildman–Crippen MR) is 83.9 cm³/mol. The van der Waals surface area contributed by atoms with Gasteiger partial charge < -0.3 is 20.1 Å². The second kappa shape index (κ2) is 4.82. The number of hydrogen-bond acceptors (Lipinski definition) is 5. The molecule has 0 saturated carbocycles. The number of pyridine rings is 1. The van der Waals surface area contributed by atoms with Gasteiger partial charge in [-0.2, -0.15) is 0 Å². The Kier molecular flexibility index (Phi) is 2.88. The van der Waals surface area contributed by atoms with E-state index in [-0.39, 0.29) is 6.61 Å². The predicted octanol–water partition coefficient (Wildman–Crippen LogP) is 1.81. The molecule has 4 rings (SSSR count). The number of nitrogen functional groups attached to an aromatic ring is 1. The first kappa shape index (κ1) is 13.8. The number of aromatic nitrogens is 3. The number of imidazole rings is 1. The van der Waals surface area contributed by atoms with Crippen molar-refractivity contribution in [1.29, 1.82) is 0 Å². The number of anilines is 1. The van der Waals surface area contributed by atoms with Gasteiger partial charge in [0, 0.05) is 12.4 Å². The van der Waals surface area contributed by atoms with Gasteiger partial charge >= 0.3 is 6.09 Å². The van der Waals surface area contributed by atoms with Crippen LogP contribution in [0.3, 0.4) is 0 Å². The summed E-state index contributed by atoms with van der Waals surface area (Å²) >= 11 is 0. The maximum Gasteiger partial charge on any atom is 0.408 e. The van der Waals surface area contributed by atoms with Crippen molar-refractivity contribution in [3.63, 3.8) is 0 Å². The summed E-state index contributed by atoms with van der Waals surface area (Å²) in [4.78, 5) is 21.5. The Morgan fingerprint density at radius 1 is 1.43 bits per heavy atom. The van der Waals surface area contributed by atoms with Crippen LogP contribution < -0.4 is 5.73 Å². The first-order valence-corrected chi connectivity index (χ1v) is 7.16. The minimum absolute atomic E-state index is 0.262. The van der Waals surface area contributed by atoms with Gasteiger partial charge in [-0.05, 0) is 6.07 Å². The van der Waals surface area contributed by atoms with E-state index in [9.17, 15) is 9.90 Å². The van der Waals surface area contributed by atoms with Crippen LogP contribution in [0.15, 0.2) is 24.3 Å². The highest BCUT2D eigenvalue weighted by molar-refractivity contribution is 6.06. The van der Waals surface area contributed by atoms with Gasteiger partial charge in [0.2, 0.25) is 0 Å². The van der Waals surface area contributed by atoms with Crippen molar-refractivity contribution in [3.8, 4) is 0 Å². The molecule has 1 aromatic carbocycles. The van der Waals surface area contributed by atoms with Crippen molar-refractivity contribution in [2.24, 2.45) is 0 Å². The van der Waals surface area contributed by atoms with Crippen LogP contribution in [0, 0.1) is 0 Å². The molecule has 1 aliphatic heterocycles. The number of fused-ring (bicyclic) bond motifs is 5. The lowest BCUT2D eigenvalue weighted by Crippen LogP contribution is -2.39. The SMILES string of the molecule is CN(C(=O)O)[C@H]1COCc2nc3c(N)nc4ccccc4c3n21. The zero-order valence-corrected chi connectivity index (χ0v) is 12.4. The van der Waals surface area contributed by atoms with Crippen molar-refractivity contribution >= 4 is 33.8 Å². The van der Waals surface area contributed by atoms with Crippen molar-refractivity contribution < 1.29 is 14.6 Å². The lowest BCUT2D eigenvalue weighted by molar-refractivity contribution is 0.00300. The van der Waals surface area contributed by atoms with Gasteiger partial charge in [-0.25, -0.2) is 14.8 Å². The van der Waals surface area contributed by atoms with Crippen LogP contribution in [0.1, 0.15) is 12.0 Å². The zero-order valence-electron chi connectivity index (χ0n) is 12.4. The third-order valence-electron chi connectivity index (χ3n) is 4.17. The maximum absolute atomic E-state index is 11.4. The summed E-state index contributed by atoms with van der Waals surface area (Å²) in [5, 5.41) is 10.2. The van der Waals surface area contributed by atoms with E-state index < -0.39 is 12.3 Å². The number of nitrogens with zero attached hydrogens (tertiary/aromatic N) is 4. The molecule has 3 N–H and O–H groups in total. The second-order valence-electron chi connectivity index (χ2n) is 5.50. The molecule has 3 heterocycles. The van der Waals surface area contributed by atoms with Gasteiger partial charge in [0.25, 0.3) is 0 Å². The number of carboxylic acid groups (broad SMARTS) is 1. The smallest absolute Gasteiger partial charge is 0.408 e. The molecule has 1 aliphatic rings. The average molecular weight is 313 g/mol. The van der Waals surface area contributed by atoms with Crippen LogP contribution in [0.25, 0.3) is 21.9 Å². The van der Waals surface area contributed by atoms with E-state index in [4.69, 9.17) is 10.5 Å². The molecule has 0 spiro atoms. The van der Waals surface area contributed by atoms with Gasteiger partial charge in [-0.3, -0.25) is 4.90 Å². The molecule has 3 aromatic rings. The molecule has 8 heteroatoms.